The molecular formula is C11H18N2S2. The zero-order chi connectivity index (χ0) is 11.6. The Labute approximate surface area is 102 Å². The maximum absolute atomic E-state index is 5.29. The van der Waals surface area contributed by atoms with E-state index in [-0.39, 0.29) is 0 Å². The standard InChI is InChI=1S/C11H18N2S2/c1-5-7-13(4)9-8(12(3)6-2)10(14)11(9)15/h5-7H2,1-4H3. The first-order valence-corrected chi connectivity index (χ1v) is 6.11. The monoisotopic (exact) mass is 242 g/mol. The Kier molecular flexibility index (Phi) is 4.22. The minimum atomic E-state index is 0.854. The molecule has 0 amide bonds. The second-order valence-corrected chi connectivity index (χ2v) is 4.61. The molecule has 0 atom stereocenters. The maximum Gasteiger partial charge on any atom is 0.0834 e. The molecule has 1 aromatic carbocycles. The molecule has 0 saturated heterocycles. The van der Waals surface area contributed by atoms with Gasteiger partial charge in [0.15, 0.2) is 0 Å². The Bertz CT molecular complexity index is 405. The van der Waals surface area contributed by atoms with Crippen molar-refractivity contribution in [2.75, 3.05) is 37.0 Å². The summed E-state index contributed by atoms with van der Waals surface area (Å²) in [4.78, 5) is 4.37. The van der Waals surface area contributed by atoms with Crippen LogP contribution in [0.1, 0.15) is 20.3 Å². The Hall–Kier alpha value is -0.480. The van der Waals surface area contributed by atoms with Gasteiger partial charge >= 0.3 is 0 Å². The third kappa shape index (κ3) is 2.21. The molecule has 1 rings (SSSR count). The minimum Gasteiger partial charge on any atom is -0.372 e. The van der Waals surface area contributed by atoms with Crippen LogP contribution in [-0.4, -0.2) is 27.2 Å². The molecule has 4 heteroatoms. The highest BCUT2D eigenvalue weighted by Crippen LogP contribution is 2.37. The molecule has 0 fully saturated rings. The van der Waals surface area contributed by atoms with Crippen LogP contribution in [0, 0.1) is 9.02 Å². The van der Waals surface area contributed by atoms with E-state index in [2.05, 4.69) is 37.7 Å². The van der Waals surface area contributed by atoms with Gasteiger partial charge in [0.2, 0.25) is 0 Å². The van der Waals surface area contributed by atoms with Gasteiger partial charge in [0.25, 0.3) is 0 Å². The normalized spacial score (nSPS) is 10.7. The Balaban J connectivity index is 3.04. The summed E-state index contributed by atoms with van der Waals surface area (Å²) in [5.74, 6) is 0. The van der Waals surface area contributed by atoms with Crippen LogP contribution in [0.5, 0.6) is 0 Å². The molecule has 0 aliphatic carbocycles. The van der Waals surface area contributed by atoms with Gasteiger partial charge in [-0.05, 0) is 13.3 Å². The van der Waals surface area contributed by atoms with Crippen molar-refractivity contribution in [2.45, 2.75) is 20.3 Å². The van der Waals surface area contributed by atoms with E-state index < -0.39 is 0 Å². The molecule has 0 radical (unpaired) electrons. The highest BCUT2D eigenvalue weighted by molar-refractivity contribution is 7.74. The first-order valence-electron chi connectivity index (χ1n) is 5.30. The molecule has 0 bridgehead atoms. The van der Waals surface area contributed by atoms with Gasteiger partial charge < -0.3 is 9.80 Å². The number of hydrogen-bond acceptors (Lipinski definition) is 4. The lowest BCUT2D eigenvalue weighted by atomic mass is 10.1. The first-order chi connectivity index (χ1) is 7.04. The fourth-order valence-corrected chi connectivity index (χ4v) is 2.38. The van der Waals surface area contributed by atoms with E-state index in [0.717, 1.165) is 39.9 Å². The maximum atomic E-state index is 5.29. The van der Waals surface area contributed by atoms with Crippen molar-refractivity contribution in [3.8, 4) is 0 Å². The lowest BCUT2D eigenvalue weighted by Gasteiger charge is -2.30. The molecule has 0 saturated carbocycles. The van der Waals surface area contributed by atoms with Gasteiger partial charge in [-0.3, -0.25) is 0 Å². The lowest BCUT2D eigenvalue weighted by Crippen LogP contribution is -2.26. The molecule has 1 aromatic rings. The average molecular weight is 242 g/mol. The van der Waals surface area contributed by atoms with E-state index in [0.29, 0.717) is 0 Å². The summed E-state index contributed by atoms with van der Waals surface area (Å²) in [5, 5.41) is 0. The first kappa shape index (κ1) is 12.6. The molecule has 0 heterocycles. The van der Waals surface area contributed by atoms with Crippen LogP contribution < -0.4 is 9.80 Å². The molecule has 0 aliphatic heterocycles. The van der Waals surface area contributed by atoms with E-state index in [9.17, 15) is 0 Å². The second-order valence-electron chi connectivity index (χ2n) is 3.79. The van der Waals surface area contributed by atoms with Crippen molar-refractivity contribution in [1.82, 2.24) is 0 Å². The molecule has 0 spiro atoms. The zero-order valence-corrected chi connectivity index (χ0v) is 11.5. The summed E-state index contributed by atoms with van der Waals surface area (Å²) in [6.45, 7) is 6.27. The van der Waals surface area contributed by atoms with Gasteiger partial charge in [0.05, 0.1) is 20.4 Å². The quantitative estimate of drug-likeness (QED) is 0.730. The number of hydrogen-bond donors (Lipinski definition) is 0. The molecular weight excluding hydrogens is 224 g/mol. The number of anilines is 2. The molecule has 84 valence electrons. The van der Waals surface area contributed by atoms with Crippen LogP contribution in [-0.2, 0) is 0 Å². The molecule has 0 aliphatic rings. The van der Waals surface area contributed by atoms with E-state index in [1.165, 1.54) is 0 Å². The zero-order valence-electron chi connectivity index (χ0n) is 9.83. The smallest absolute Gasteiger partial charge is 0.0834 e. The van der Waals surface area contributed by atoms with Gasteiger partial charge in [-0.1, -0.05) is 31.4 Å². The molecule has 0 N–H and O–H groups in total. The van der Waals surface area contributed by atoms with Gasteiger partial charge in [0.1, 0.15) is 0 Å². The van der Waals surface area contributed by atoms with E-state index in [1.54, 1.807) is 0 Å². The Morgan fingerprint density at radius 2 is 1.40 bits per heavy atom. The fourth-order valence-electron chi connectivity index (χ4n) is 1.68. The summed E-state index contributed by atoms with van der Waals surface area (Å²) in [7, 11) is 4.14. The van der Waals surface area contributed by atoms with E-state index >= 15 is 0 Å². The number of rotatable bonds is 5. The van der Waals surface area contributed by atoms with Crippen LogP contribution in [0.25, 0.3) is 0 Å². The SMILES string of the molecule is CCCN(C)c1c(N(C)CC)c(=S)c1=S. The highest BCUT2D eigenvalue weighted by Gasteiger charge is 2.20. The molecule has 2 nitrogen and oxygen atoms in total. The van der Waals surface area contributed by atoms with Crippen LogP contribution in [0.3, 0.4) is 0 Å². The summed E-state index contributed by atoms with van der Waals surface area (Å²) in [6.07, 6.45) is 1.12. The average Bonchev–Trinajstić information content (AvgIpc) is 2.23. The summed E-state index contributed by atoms with van der Waals surface area (Å²) in [6, 6.07) is 0. The number of nitrogens with zero attached hydrogens (tertiary/aromatic N) is 2. The topological polar surface area (TPSA) is 6.48 Å². The summed E-state index contributed by atoms with van der Waals surface area (Å²) >= 11 is 10.6. The van der Waals surface area contributed by atoms with Gasteiger partial charge in [-0.15, -0.1) is 0 Å². The van der Waals surface area contributed by atoms with E-state index in [1.807, 2.05) is 0 Å². The largest absolute Gasteiger partial charge is 0.372 e. The van der Waals surface area contributed by atoms with Crippen molar-refractivity contribution in [1.29, 1.82) is 0 Å². The third-order valence-corrected chi connectivity index (χ3v) is 3.58. The van der Waals surface area contributed by atoms with Crippen molar-refractivity contribution in [2.24, 2.45) is 0 Å². The van der Waals surface area contributed by atoms with Crippen LogP contribution in [0.2, 0.25) is 0 Å². The van der Waals surface area contributed by atoms with Crippen molar-refractivity contribution in [3.05, 3.63) is 9.02 Å². The third-order valence-electron chi connectivity index (χ3n) is 2.66. The fraction of sp³-hybridized carbons (Fsp3) is 0.636. The summed E-state index contributed by atoms with van der Waals surface area (Å²) < 4.78 is 1.71. The minimum absolute atomic E-state index is 0.854. The highest BCUT2D eigenvalue weighted by atomic mass is 32.1. The van der Waals surface area contributed by atoms with Crippen molar-refractivity contribution < 1.29 is 0 Å². The van der Waals surface area contributed by atoms with Gasteiger partial charge in [0, 0.05) is 27.2 Å². The Morgan fingerprint density at radius 1 is 0.933 bits per heavy atom. The predicted octanol–water partition coefficient (Wildman–Crippen LogP) is 3.32. The summed E-state index contributed by atoms with van der Waals surface area (Å²) in [5.41, 5.74) is 2.30. The second kappa shape index (κ2) is 5.03. The molecule has 15 heavy (non-hydrogen) atoms. The van der Waals surface area contributed by atoms with Crippen molar-refractivity contribution >= 4 is 35.8 Å². The molecule has 0 aromatic heterocycles. The molecule has 0 unspecified atom stereocenters. The predicted molar refractivity (Wildman–Crippen MR) is 73.0 cm³/mol. The van der Waals surface area contributed by atoms with Gasteiger partial charge in [-0.2, -0.15) is 0 Å². The Morgan fingerprint density at radius 3 is 1.80 bits per heavy atom. The van der Waals surface area contributed by atoms with Crippen LogP contribution >= 0.6 is 24.4 Å². The van der Waals surface area contributed by atoms with Crippen LogP contribution in [0.4, 0.5) is 11.4 Å². The van der Waals surface area contributed by atoms with Gasteiger partial charge in [-0.25, -0.2) is 0 Å². The van der Waals surface area contributed by atoms with E-state index in [4.69, 9.17) is 24.4 Å². The van der Waals surface area contributed by atoms with Crippen LogP contribution in [0.15, 0.2) is 0 Å². The lowest BCUT2D eigenvalue weighted by molar-refractivity contribution is 0.839. The van der Waals surface area contributed by atoms with Crippen molar-refractivity contribution in [3.63, 3.8) is 0 Å².